The van der Waals surface area contributed by atoms with Crippen LogP contribution in [-0.2, 0) is 0 Å². The third kappa shape index (κ3) is 2.00. The van der Waals surface area contributed by atoms with Crippen molar-refractivity contribution in [1.82, 2.24) is 0 Å². The standard InChI is InChI=1S/C13H12OS/c1-9-3-4-10(2)12(5-9)13-6-11(7-14)8-15-13/h3-8H,1-2H3. The van der Waals surface area contributed by atoms with Crippen molar-refractivity contribution in [1.29, 1.82) is 0 Å². The van der Waals surface area contributed by atoms with E-state index >= 15 is 0 Å². The Morgan fingerprint density at radius 3 is 2.67 bits per heavy atom. The lowest BCUT2D eigenvalue weighted by Crippen LogP contribution is -1.81. The second-order valence-electron chi connectivity index (χ2n) is 3.68. The first-order valence-electron chi connectivity index (χ1n) is 4.82. The average molecular weight is 216 g/mol. The fourth-order valence-electron chi connectivity index (χ4n) is 1.56. The number of aldehydes is 1. The van der Waals surface area contributed by atoms with Crippen LogP contribution in [0.2, 0.25) is 0 Å². The fourth-order valence-corrected chi connectivity index (χ4v) is 2.49. The summed E-state index contributed by atoms with van der Waals surface area (Å²) in [6.07, 6.45) is 0.894. The van der Waals surface area contributed by atoms with Gasteiger partial charge in [-0.3, -0.25) is 4.79 Å². The molecule has 0 aliphatic carbocycles. The van der Waals surface area contributed by atoms with Gasteiger partial charge in [-0.2, -0.15) is 0 Å². The first-order valence-corrected chi connectivity index (χ1v) is 5.70. The van der Waals surface area contributed by atoms with E-state index in [1.165, 1.54) is 21.6 Å². The molecular formula is C13H12OS. The van der Waals surface area contributed by atoms with E-state index in [1.807, 2.05) is 11.4 Å². The van der Waals surface area contributed by atoms with Crippen LogP contribution in [0, 0.1) is 13.8 Å². The molecule has 0 saturated carbocycles. The lowest BCUT2D eigenvalue weighted by Gasteiger charge is -2.03. The predicted octanol–water partition coefficient (Wildman–Crippen LogP) is 3.84. The number of carbonyl (C=O) groups excluding carboxylic acids is 1. The Morgan fingerprint density at radius 1 is 1.20 bits per heavy atom. The van der Waals surface area contributed by atoms with Gasteiger partial charge in [-0.1, -0.05) is 23.8 Å². The Morgan fingerprint density at radius 2 is 2.00 bits per heavy atom. The lowest BCUT2D eigenvalue weighted by molar-refractivity contribution is 0.112. The van der Waals surface area contributed by atoms with Gasteiger partial charge in [0.05, 0.1) is 0 Å². The van der Waals surface area contributed by atoms with Gasteiger partial charge in [0.15, 0.2) is 6.29 Å². The highest BCUT2D eigenvalue weighted by Gasteiger charge is 2.05. The van der Waals surface area contributed by atoms with Crippen molar-refractivity contribution in [3.63, 3.8) is 0 Å². The van der Waals surface area contributed by atoms with E-state index in [-0.39, 0.29) is 0 Å². The van der Waals surface area contributed by atoms with Crippen molar-refractivity contribution in [3.05, 3.63) is 46.3 Å². The van der Waals surface area contributed by atoms with E-state index in [0.29, 0.717) is 0 Å². The largest absolute Gasteiger partial charge is 0.298 e. The van der Waals surface area contributed by atoms with Crippen LogP contribution in [0.25, 0.3) is 10.4 Å². The molecule has 0 atom stereocenters. The quantitative estimate of drug-likeness (QED) is 0.697. The number of rotatable bonds is 2. The minimum absolute atomic E-state index is 0.760. The van der Waals surface area contributed by atoms with Crippen LogP contribution in [0.4, 0.5) is 0 Å². The van der Waals surface area contributed by atoms with Gasteiger partial charge in [0.25, 0.3) is 0 Å². The van der Waals surface area contributed by atoms with Gasteiger partial charge in [0.2, 0.25) is 0 Å². The molecule has 0 spiro atoms. The maximum atomic E-state index is 10.6. The topological polar surface area (TPSA) is 17.1 Å². The summed E-state index contributed by atoms with van der Waals surface area (Å²) in [4.78, 5) is 11.8. The van der Waals surface area contributed by atoms with Crippen molar-refractivity contribution in [2.75, 3.05) is 0 Å². The van der Waals surface area contributed by atoms with E-state index in [2.05, 4.69) is 32.0 Å². The van der Waals surface area contributed by atoms with Gasteiger partial charge in [-0.25, -0.2) is 0 Å². The molecule has 0 radical (unpaired) electrons. The van der Waals surface area contributed by atoms with Gasteiger partial charge in [0, 0.05) is 15.8 Å². The Balaban J connectivity index is 2.52. The zero-order valence-corrected chi connectivity index (χ0v) is 9.60. The molecule has 0 unspecified atom stereocenters. The summed E-state index contributed by atoms with van der Waals surface area (Å²) in [5.41, 5.74) is 4.49. The summed E-state index contributed by atoms with van der Waals surface area (Å²) >= 11 is 1.62. The number of hydrogen-bond acceptors (Lipinski definition) is 2. The van der Waals surface area contributed by atoms with Crippen LogP contribution in [0.1, 0.15) is 21.5 Å². The molecular weight excluding hydrogens is 204 g/mol. The van der Waals surface area contributed by atoms with Crippen LogP contribution in [-0.4, -0.2) is 6.29 Å². The van der Waals surface area contributed by atoms with Crippen LogP contribution in [0.3, 0.4) is 0 Å². The summed E-state index contributed by atoms with van der Waals surface area (Å²) in [6, 6.07) is 8.33. The Bertz CT molecular complexity index is 497. The highest BCUT2D eigenvalue weighted by Crippen LogP contribution is 2.29. The maximum absolute atomic E-state index is 10.6. The zero-order valence-electron chi connectivity index (χ0n) is 8.78. The number of aryl methyl sites for hydroxylation is 2. The second-order valence-corrected chi connectivity index (χ2v) is 4.59. The molecule has 1 aromatic heterocycles. The lowest BCUT2D eigenvalue weighted by atomic mass is 10.0. The molecule has 0 amide bonds. The monoisotopic (exact) mass is 216 g/mol. The van der Waals surface area contributed by atoms with Crippen LogP contribution < -0.4 is 0 Å². The molecule has 1 nitrogen and oxygen atoms in total. The van der Waals surface area contributed by atoms with Gasteiger partial charge in [0.1, 0.15) is 0 Å². The van der Waals surface area contributed by atoms with Gasteiger partial charge >= 0.3 is 0 Å². The third-order valence-electron chi connectivity index (χ3n) is 2.41. The first-order chi connectivity index (χ1) is 7.20. The van der Waals surface area contributed by atoms with Crippen molar-refractivity contribution in [3.8, 4) is 10.4 Å². The Labute approximate surface area is 93.4 Å². The minimum Gasteiger partial charge on any atom is -0.298 e. The fraction of sp³-hybridized carbons (Fsp3) is 0.154. The number of hydrogen-bond donors (Lipinski definition) is 0. The molecule has 1 heterocycles. The normalized spacial score (nSPS) is 10.3. The summed E-state index contributed by atoms with van der Waals surface area (Å²) < 4.78 is 0. The van der Waals surface area contributed by atoms with E-state index in [0.717, 1.165) is 11.8 Å². The molecule has 0 aliphatic heterocycles. The molecule has 76 valence electrons. The summed E-state index contributed by atoms with van der Waals surface area (Å²) in [7, 11) is 0. The molecule has 2 aromatic rings. The molecule has 1 aromatic carbocycles. The average Bonchev–Trinajstić information content (AvgIpc) is 2.70. The van der Waals surface area contributed by atoms with Crippen LogP contribution in [0.5, 0.6) is 0 Å². The molecule has 0 saturated heterocycles. The highest BCUT2D eigenvalue weighted by molar-refractivity contribution is 7.13. The SMILES string of the molecule is Cc1ccc(C)c(-c2cc(C=O)cs2)c1. The predicted molar refractivity (Wildman–Crippen MR) is 64.6 cm³/mol. The van der Waals surface area contributed by atoms with E-state index in [1.54, 1.807) is 11.3 Å². The molecule has 0 bridgehead atoms. The molecule has 0 fully saturated rings. The van der Waals surface area contributed by atoms with E-state index in [9.17, 15) is 4.79 Å². The van der Waals surface area contributed by atoms with Gasteiger partial charge in [-0.05, 0) is 31.0 Å². The maximum Gasteiger partial charge on any atom is 0.150 e. The van der Waals surface area contributed by atoms with Crippen molar-refractivity contribution < 1.29 is 4.79 Å². The summed E-state index contributed by atoms with van der Waals surface area (Å²) in [5, 5.41) is 1.89. The van der Waals surface area contributed by atoms with Crippen molar-refractivity contribution in [2.45, 2.75) is 13.8 Å². The van der Waals surface area contributed by atoms with Crippen LogP contribution in [0.15, 0.2) is 29.6 Å². The molecule has 2 rings (SSSR count). The minimum atomic E-state index is 0.760. The smallest absolute Gasteiger partial charge is 0.150 e. The van der Waals surface area contributed by atoms with Crippen molar-refractivity contribution >= 4 is 17.6 Å². The van der Waals surface area contributed by atoms with Crippen LogP contribution >= 0.6 is 11.3 Å². The number of thiophene rings is 1. The molecule has 0 N–H and O–H groups in total. The zero-order chi connectivity index (χ0) is 10.8. The van der Waals surface area contributed by atoms with Gasteiger partial charge in [-0.15, -0.1) is 11.3 Å². The first kappa shape index (κ1) is 10.1. The second kappa shape index (κ2) is 3.99. The Hall–Kier alpha value is -1.41. The number of carbonyl (C=O) groups is 1. The van der Waals surface area contributed by atoms with Gasteiger partial charge < -0.3 is 0 Å². The van der Waals surface area contributed by atoms with E-state index < -0.39 is 0 Å². The van der Waals surface area contributed by atoms with Crippen molar-refractivity contribution in [2.24, 2.45) is 0 Å². The summed E-state index contributed by atoms with van der Waals surface area (Å²) in [5.74, 6) is 0. The number of benzene rings is 1. The van der Waals surface area contributed by atoms with E-state index in [4.69, 9.17) is 0 Å². The molecule has 15 heavy (non-hydrogen) atoms. The summed E-state index contributed by atoms with van der Waals surface area (Å²) in [6.45, 7) is 4.17. The molecule has 2 heteroatoms. The Kier molecular flexibility index (Phi) is 2.69. The molecule has 0 aliphatic rings. The highest BCUT2D eigenvalue weighted by atomic mass is 32.1. The third-order valence-corrected chi connectivity index (χ3v) is 3.40.